The lowest BCUT2D eigenvalue weighted by atomic mass is 10.2. The third-order valence-electron chi connectivity index (χ3n) is 3.52. The van der Waals surface area contributed by atoms with Crippen LogP contribution < -0.4 is 11.1 Å². The van der Waals surface area contributed by atoms with Crippen LogP contribution in [0, 0.1) is 0 Å². The Bertz CT molecular complexity index is 800. The summed E-state index contributed by atoms with van der Waals surface area (Å²) in [6, 6.07) is 0. The van der Waals surface area contributed by atoms with Crippen molar-refractivity contribution < 1.29 is 13.2 Å². The smallest absolute Gasteiger partial charge is 0.263 e. The predicted octanol–water partition coefficient (Wildman–Crippen LogP) is 0.580. The minimum atomic E-state index is -3.07. The molecule has 112 valence electrons. The second kappa shape index (κ2) is 5.23. The van der Waals surface area contributed by atoms with Gasteiger partial charge < -0.3 is 11.1 Å². The number of nitrogen functional groups attached to an aromatic ring is 1. The van der Waals surface area contributed by atoms with Gasteiger partial charge in [0.25, 0.3) is 5.91 Å². The molecule has 2 aromatic rings. The molecule has 0 bridgehead atoms. The Morgan fingerprint density at radius 3 is 2.86 bits per heavy atom. The van der Waals surface area contributed by atoms with Crippen LogP contribution in [-0.2, 0) is 9.84 Å². The minimum absolute atomic E-state index is 0.121. The molecule has 1 fully saturated rings. The minimum Gasteiger partial charge on any atom is -0.396 e. The van der Waals surface area contributed by atoms with Crippen molar-refractivity contribution in [3.63, 3.8) is 0 Å². The fourth-order valence-electron chi connectivity index (χ4n) is 2.39. The summed E-state index contributed by atoms with van der Waals surface area (Å²) in [4.78, 5) is 21.3. The zero-order chi connectivity index (χ0) is 15.0. The number of rotatable bonds is 3. The van der Waals surface area contributed by atoms with Crippen molar-refractivity contribution in [3.05, 3.63) is 17.3 Å². The Kier molecular flexibility index (Phi) is 3.54. The first-order valence-corrected chi connectivity index (χ1v) is 9.01. The van der Waals surface area contributed by atoms with Crippen LogP contribution in [0.3, 0.4) is 0 Å². The summed E-state index contributed by atoms with van der Waals surface area (Å²) in [7, 11) is -3.07. The molecule has 1 unspecified atom stereocenters. The van der Waals surface area contributed by atoms with Crippen LogP contribution in [0.5, 0.6) is 0 Å². The molecule has 1 aliphatic rings. The van der Waals surface area contributed by atoms with E-state index in [4.69, 9.17) is 5.73 Å². The number of nitrogens with zero attached hydrogens (tertiary/aromatic N) is 2. The van der Waals surface area contributed by atoms with Crippen molar-refractivity contribution in [2.45, 2.75) is 18.1 Å². The van der Waals surface area contributed by atoms with Gasteiger partial charge in [0.2, 0.25) is 0 Å². The Labute approximate surface area is 125 Å². The molecule has 1 aliphatic heterocycles. The van der Waals surface area contributed by atoms with Crippen molar-refractivity contribution in [1.29, 1.82) is 0 Å². The van der Waals surface area contributed by atoms with Crippen LogP contribution in [0.25, 0.3) is 10.3 Å². The van der Waals surface area contributed by atoms with Gasteiger partial charge in [0.05, 0.1) is 16.7 Å². The SMILES string of the molecule is Nc1c(C(=O)NCC2CCCS2(=O)=O)sc2nccnc12. The maximum Gasteiger partial charge on any atom is 0.263 e. The normalized spacial score (nSPS) is 20.7. The van der Waals surface area contributed by atoms with Gasteiger partial charge in [-0.25, -0.2) is 18.4 Å². The lowest BCUT2D eigenvalue weighted by molar-refractivity contribution is 0.0958. The number of amides is 1. The van der Waals surface area contributed by atoms with Crippen molar-refractivity contribution in [1.82, 2.24) is 15.3 Å². The van der Waals surface area contributed by atoms with E-state index in [-0.39, 0.29) is 23.9 Å². The number of fused-ring (bicyclic) bond motifs is 1. The highest BCUT2D eigenvalue weighted by Gasteiger charge is 2.31. The monoisotopic (exact) mass is 326 g/mol. The number of anilines is 1. The van der Waals surface area contributed by atoms with E-state index in [1.807, 2.05) is 0 Å². The topological polar surface area (TPSA) is 115 Å². The first-order chi connectivity index (χ1) is 9.99. The molecule has 1 atom stereocenters. The van der Waals surface area contributed by atoms with E-state index in [2.05, 4.69) is 15.3 Å². The Morgan fingerprint density at radius 1 is 1.43 bits per heavy atom. The first-order valence-electron chi connectivity index (χ1n) is 6.48. The van der Waals surface area contributed by atoms with Crippen molar-refractivity contribution in [2.75, 3.05) is 18.0 Å². The van der Waals surface area contributed by atoms with Crippen molar-refractivity contribution >= 4 is 43.1 Å². The summed E-state index contributed by atoms with van der Waals surface area (Å²) in [6.07, 6.45) is 4.29. The zero-order valence-corrected chi connectivity index (χ0v) is 12.7. The van der Waals surface area contributed by atoms with Gasteiger partial charge in [-0.2, -0.15) is 0 Å². The highest BCUT2D eigenvalue weighted by atomic mass is 32.2. The van der Waals surface area contributed by atoms with Crippen molar-refractivity contribution in [2.24, 2.45) is 0 Å². The molecule has 3 N–H and O–H groups in total. The number of carbonyl (C=O) groups is 1. The number of nitrogens with two attached hydrogens (primary N) is 1. The molecule has 0 radical (unpaired) electrons. The van der Waals surface area contributed by atoms with Crippen LogP contribution in [0.15, 0.2) is 12.4 Å². The van der Waals surface area contributed by atoms with Gasteiger partial charge in [-0.05, 0) is 12.8 Å². The molecule has 0 aliphatic carbocycles. The van der Waals surface area contributed by atoms with E-state index in [0.29, 0.717) is 28.1 Å². The summed E-state index contributed by atoms with van der Waals surface area (Å²) < 4.78 is 23.5. The van der Waals surface area contributed by atoms with Gasteiger partial charge >= 0.3 is 0 Å². The largest absolute Gasteiger partial charge is 0.396 e. The van der Waals surface area contributed by atoms with Gasteiger partial charge in [-0.1, -0.05) is 0 Å². The maximum absolute atomic E-state index is 12.2. The Morgan fingerprint density at radius 2 is 2.19 bits per heavy atom. The summed E-state index contributed by atoms with van der Waals surface area (Å²) in [5.74, 6) is -0.175. The molecule has 21 heavy (non-hydrogen) atoms. The zero-order valence-electron chi connectivity index (χ0n) is 11.1. The second-order valence-electron chi connectivity index (χ2n) is 4.90. The molecule has 1 saturated heterocycles. The number of carbonyl (C=O) groups excluding carboxylic acids is 1. The molecule has 7 nitrogen and oxygen atoms in total. The number of sulfone groups is 1. The van der Waals surface area contributed by atoms with Crippen LogP contribution in [-0.4, -0.2) is 41.8 Å². The highest BCUT2D eigenvalue weighted by Crippen LogP contribution is 2.30. The molecule has 2 aromatic heterocycles. The molecule has 0 spiro atoms. The van der Waals surface area contributed by atoms with E-state index in [1.54, 1.807) is 0 Å². The summed E-state index contributed by atoms with van der Waals surface area (Å²) in [5, 5.41) is 2.16. The molecule has 0 saturated carbocycles. The quantitative estimate of drug-likeness (QED) is 0.852. The molecular formula is C12H14N4O3S2. The lowest BCUT2D eigenvalue weighted by Crippen LogP contribution is -2.34. The van der Waals surface area contributed by atoms with Crippen LogP contribution in [0.4, 0.5) is 5.69 Å². The standard InChI is InChI=1S/C12H14N4O3S2/c13-8-9-12(15-4-3-14-9)20-10(8)11(17)16-6-7-2-1-5-21(7,18)19/h3-4,7H,1-2,5-6,13H2,(H,16,17). The number of thiophene rings is 1. The first kappa shape index (κ1) is 14.2. The van der Waals surface area contributed by atoms with E-state index < -0.39 is 15.1 Å². The van der Waals surface area contributed by atoms with E-state index in [0.717, 1.165) is 11.3 Å². The van der Waals surface area contributed by atoms with Crippen LogP contribution in [0.1, 0.15) is 22.5 Å². The van der Waals surface area contributed by atoms with Crippen LogP contribution >= 0.6 is 11.3 Å². The Hall–Kier alpha value is -1.74. The third-order valence-corrected chi connectivity index (χ3v) is 6.90. The molecule has 0 aromatic carbocycles. The predicted molar refractivity (Wildman–Crippen MR) is 81.0 cm³/mol. The molecule has 1 amide bonds. The summed E-state index contributed by atoms with van der Waals surface area (Å²) in [6.45, 7) is 0.121. The molecular weight excluding hydrogens is 312 g/mol. The maximum atomic E-state index is 12.2. The Balaban J connectivity index is 1.77. The fourth-order valence-corrected chi connectivity index (χ4v) is 5.09. The lowest BCUT2D eigenvalue weighted by Gasteiger charge is -2.10. The van der Waals surface area contributed by atoms with Gasteiger partial charge in [-0.15, -0.1) is 11.3 Å². The van der Waals surface area contributed by atoms with Crippen LogP contribution in [0.2, 0.25) is 0 Å². The number of nitrogens with one attached hydrogen (secondary N) is 1. The molecule has 3 heterocycles. The van der Waals surface area contributed by atoms with Gasteiger partial charge in [-0.3, -0.25) is 4.79 Å². The molecule has 9 heteroatoms. The van der Waals surface area contributed by atoms with E-state index >= 15 is 0 Å². The average molecular weight is 326 g/mol. The van der Waals surface area contributed by atoms with Gasteiger partial charge in [0.1, 0.15) is 15.2 Å². The van der Waals surface area contributed by atoms with Gasteiger partial charge in [0.15, 0.2) is 9.84 Å². The summed E-state index contributed by atoms with van der Waals surface area (Å²) >= 11 is 1.15. The number of aromatic nitrogens is 2. The fraction of sp³-hybridized carbons (Fsp3) is 0.417. The second-order valence-corrected chi connectivity index (χ2v) is 8.30. The van der Waals surface area contributed by atoms with E-state index in [1.165, 1.54) is 12.4 Å². The van der Waals surface area contributed by atoms with Crippen molar-refractivity contribution in [3.8, 4) is 0 Å². The summed E-state index contributed by atoms with van der Waals surface area (Å²) in [5.41, 5.74) is 6.69. The number of hydrogen-bond acceptors (Lipinski definition) is 7. The highest BCUT2D eigenvalue weighted by molar-refractivity contribution is 7.92. The van der Waals surface area contributed by atoms with Gasteiger partial charge in [0, 0.05) is 18.9 Å². The van der Waals surface area contributed by atoms with E-state index in [9.17, 15) is 13.2 Å². The average Bonchev–Trinajstić information content (AvgIpc) is 2.97. The third kappa shape index (κ3) is 2.58. The number of hydrogen-bond donors (Lipinski definition) is 2. The molecule has 3 rings (SSSR count).